The number of fused-ring (bicyclic) bond motifs is 1. The first-order valence-corrected chi connectivity index (χ1v) is 7.99. The largest absolute Gasteiger partial charge is 0.366 e. The van der Waals surface area contributed by atoms with E-state index in [9.17, 15) is 0 Å². The van der Waals surface area contributed by atoms with Crippen molar-refractivity contribution >= 4 is 16.9 Å². The number of rotatable bonds is 4. The molecule has 0 aliphatic carbocycles. The molecule has 2 N–H and O–H groups in total. The number of nitrogens with one attached hydrogen (secondary N) is 2. The molecule has 0 aliphatic rings. The monoisotopic (exact) mass is 314 g/mol. The third-order valence-electron chi connectivity index (χ3n) is 4.18. The highest BCUT2D eigenvalue weighted by Crippen LogP contribution is 2.24. The summed E-state index contributed by atoms with van der Waals surface area (Å²) in [4.78, 5) is 12.2. The fourth-order valence-corrected chi connectivity index (χ4v) is 2.94. The van der Waals surface area contributed by atoms with Gasteiger partial charge in [-0.25, -0.2) is 9.97 Å². The third-order valence-corrected chi connectivity index (χ3v) is 4.18. The summed E-state index contributed by atoms with van der Waals surface area (Å²) in [6.07, 6.45) is 3.74. The number of anilines is 1. The highest BCUT2D eigenvalue weighted by molar-refractivity contribution is 5.79. The SMILES string of the molecule is Cc1nc(NCc2ccnc3[nH]ccc23)ccc1-c1ccccc1. The zero-order valence-corrected chi connectivity index (χ0v) is 13.5. The van der Waals surface area contributed by atoms with E-state index in [2.05, 4.69) is 39.6 Å². The van der Waals surface area contributed by atoms with Gasteiger partial charge in [-0.1, -0.05) is 30.3 Å². The average Bonchev–Trinajstić information content (AvgIpc) is 3.10. The van der Waals surface area contributed by atoms with Crippen LogP contribution in [0.25, 0.3) is 22.2 Å². The van der Waals surface area contributed by atoms with E-state index < -0.39 is 0 Å². The summed E-state index contributed by atoms with van der Waals surface area (Å²) in [7, 11) is 0. The first-order valence-electron chi connectivity index (χ1n) is 7.99. The van der Waals surface area contributed by atoms with Crippen LogP contribution in [-0.2, 0) is 6.54 Å². The summed E-state index contributed by atoms with van der Waals surface area (Å²) < 4.78 is 0. The Balaban J connectivity index is 1.55. The molecular formula is C20H18N4. The molecule has 24 heavy (non-hydrogen) atoms. The number of H-pyrrole nitrogens is 1. The number of aryl methyl sites for hydroxylation is 1. The molecule has 4 nitrogen and oxygen atoms in total. The summed E-state index contributed by atoms with van der Waals surface area (Å²) in [5.41, 5.74) is 5.49. The van der Waals surface area contributed by atoms with Gasteiger partial charge in [-0.3, -0.25) is 0 Å². The molecular weight excluding hydrogens is 296 g/mol. The van der Waals surface area contributed by atoms with Crippen LogP contribution in [0.4, 0.5) is 5.82 Å². The molecule has 4 heteroatoms. The predicted molar refractivity (Wildman–Crippen MR) is 97.8 cm³/mol. The number of nitrogens with zero attached hydrogens (tertiary/aromatic N) is 2. The Labute approximate surface area is 140 Å². The second-order valence-electron chi connectivity index (χ2n) is 5.76. The normalized spacial score (nSPS) is 10.9. The molecule has 0 amide bonds. The van der Waals surface area contributed by atoms with E-state index in [1.165, 1.54) is 11.1 Å². The fraction of sp³-hybridized carbons (Fsp3) is 0.100. The number of aromatic nitrogens is 3. The third kappa shape index (κ3) is 2.74. The van der Waals surface area contributed by atoms with Crippen molar-refractivity contribution in [1.29, 1.82) is 0 Å². The van der Waals surface area contributed by atoms with E-state index in [-0.39, 0.29) is 0 Å². The molecule has 0 atom stereocenters. The molecule has 0 unspecified atom stereocenters. The number of benzene rings is 1. The summed E-state index contributed by atoms with van der Waals surface area (Å²) in [5.74, 6) is 0.882. The van der Waals surface area contributed by atoms with Gasteiger partial charge in [0.2, 0.25) is 0 Å². The van der Waals surface area contributed by atoms with Crippen LogP contribution in [0.2, 0.25) is 0 Å². The quantitative estimate of drug-likeness (QED) is 0.581. The van der Waals surface area contributed by atoms with Crippen LogP contribution < -0.4 is 5.32 Å². The fourth-order valence-electron chi connectivity index (χ4n) is 2.94. The second-order valence-corrected chi connectivity index (χ2v) is 5.76. The molecule has 1 aromatic carbocycles. The molecule has 3 heterocycles. The van der Waals surface area contributed by atoms with E-state index in [0.29, 0.717) is 6.54 Å². The predicted octanol–water partition coefficient (Wildman–Crippen LogP) is 4.55. The first kappa shape index (κ1) is 14.5. The Bertz CT molecular complexity index is 973. The van der Waals surface area contributed by atoms with Crippen LogP contribution in [0.15, 0.2) is 67.0 Å². The highest BCUT2D eigenvalue weighted by Gasteiger charge is 2.06. The van der Waals surface area contributed by atoms with E-state index in [0.717, 1.165) is 28.1 Å². The second kappa shape index (κ2) is 6.16. The van der Waals surface area contributed by atoms with Crippen molar-refractivity contribution < 1.29 is 0 Å². The Morgan fingerprint density at radius 3 is 2.71 bits per heavy atom. The van der Waals surface area contributed by atoms with E-state index in [4.69, 9.17) is 4.98 Å². The Morgan fingerprint density at radius 2 is 1.88 bits per heavy atom. The number of pyridine rings is 2. The molecule has 0 aliphatic heterocycles. The molecule has 0 saturated carbocycles. The molecule has 0 spiro atoms. The molecule has 118 valence electrons. The van der Waals surface area contributed by atoms with Gasteiger partial charge in [-0.15, -0.1) is 0 Å². The van der Waals surface area contributed by atoms with Gasteiger partial charge in [0.05, 0.1) is 0 Å². The van der Waals surface area contributed by atoms with Crippen LogP contribution in [0, 0.1) is 6.92 Å². The molecule has 3 aromatic heterocycles. The Kier molecular flexibility index (Phi) is 3.71. The number of hydrogen-bond acceptors (Lipinski definition) is 3. The van der Waals surface area contributed by atoms with Crippen LogP contribution in [0.3, 0.4) is 0 Å². The van der Waals surface area contributed by atoms with Gasteiger partial charge >= 0.3 is 0 Å². The van der Waals surface area contributed by atoms with Crippen molar-refractivity contribution in [3.05, 3.63) is 78.2 Å². The Morgan fingerprint density at radius 1 is 1.00 bits per heavy atom. The lowest BCUT2D eigenvalue weighted by atomic mass is 10.0. The lowest BCUT2D eigenvalue weighted by molar-refractivity contribution is 1.10. The highest BCUT2D eigenvalue weighted by atomic mass is 15.0. The summed E-state index contributed by atoms with van der Waals surface area (Å²) in [6.45, 7) is 2.76. The zero-order valence-electron chi connectivity index (χ0n) is 13.5. The van der Waals surface area contributed by atoms with Crippen molar-refractivity contribution in [3.8, 4) is 11.1 Å². The van der Waals surface area contributed by atoms with Gasteiger partial charge in [-0.05, 0) is 42.3 Å². The minimum atomic E-state index is 0.716. The summed E-state index contributed by atoms with van der Waals surface area (Å²) in [6, 6.07) is 18.6. The van der Waals surface area contributed by atoms with E-state index in [1.807, 2.05) is 49.6 Å². The van der Waals surface area contributed by atoms with Crippen LogP contribution in [0.1, 0.15) is 11.3 Å². The van der Waals surface area contributed by atoms with Crippen molar-refractivity contribution in [2.75, 3.05) is 5.32 Å². The molecule has 4 rings (SSSR count). The maximum absolute atomic E-state index is 4.70. The zero-order chi connectivity index (χ0) is 16.4. The molecule has 0 fully saturated rings. The van der Waals surface area contributed by atoms with Crippen LogP contribution in [0.5, 0.6) is 0 Å². The molecule has 0 saturated heterocycles. The maximum atomic E-state index is 4.70. The van der Waals surface area contributed by atoms with Crippen molar-refractivity contribution in [2.24, 2.45) is 0 Å². The van der Waals surface area contributed by atoms with E-state index in [1.54, 1.807) is 0 Å². The molecule has 4 aromatic rings. The minimum Gasteiger partial charge on any atom is -0.366 e. The van der Waals surface area contributed by atoms with Gasteiger partial charge in [0.1, 0.15) is 11.5 Å². The van der Waals surface area contributed by atoms with Crippen LogP contribution >= 0.6 is 0 Å². The molecule has 0 bridgehead atoms. The van der Waals surface area contributed by atoms with Crippen LogP contribution in [-0.4, -0.2) is 15.0 Å². The molecule has 0 radical (unpaired) electrons. The van der Waals surface area contributed by atoms with Crippen molar-refractivity contribution in [2.45, 2.75) is 13.5 Å². The van der Waals surface area contributed by atoms with E-state index >= 15 is 0 Å². The van der Waals surface area contributed by atoms with Gasteiger partial charge in [0.15, 0.2) is 0 Å². The first-order chi connectivity index (χ1) is 11.8. The van der Waals surface area contributed by atoms with Crippen molar-refractivity contribution in [1.82, 2.24) is 15.0 Å². The number of hydrogen-bond donors (Lipinski definition) is 2. The minimum absolute atomic E-state index is 0.716. The maximum Gasteiger partial charge on any atom is 0.137 e. The van der Waals surface area contributed by atoms with Gasteiger partial charge in [0.25, 0.3) is 0 Å². The van der Waals surface area contributed by atoms with Gasteiger partial charge in [0, 0.05) is 35.6 Å². The summed E-state index contributed by atoms with van der Waals surface area (Å²) in [5, 5.41) is 4.55. The number of aromatic amines is 1. The lowest BCUT2D eigenvalue weighted by Gasteiger charge is -2.10. The standard InChI is InChI=1S/C20H18N4/c1-14-17(15-5-3-2-4-6-15)7-8-19(24-14)23-13-16-9-11-21-20-18(16)10-12-22-20/h2-12H,13H2,1H3,(H,21,22)(H,23,24). The Hall–Kier alpha value is -3.14. The smallest absolute Gasteiger partial charge is 0.137 e. The van der Waals surface area contributed by atoms with Gasteiger partial charge < -0.3 is 10.3 Å². The lowest BCUT2D eigenvalue weighted by Crippen LogP contribution is -2.03. The van der Waals surface area contributed by atoms with Crippen molar-refractivity contribution in [3.63, 3.8) is 0 Å². The average molecular weight is 314 g/mol. The topological polar surface area (TPSA) is 53.6 Å². The van der Waals surface area contributed by atoms with Gasteiger partial charge in [-0.2, -0.15) is 0 Å². The summed E-state index contributed by atoms with van der Waals surface area (Å²) >= 11 is 0.